The molecule has 0 atom stereocenters. The minimum absolute atomic E-state index is 0.00326. The smallest absolute Gasteiger partial charge is 0.190 e. The normalized spacial score (nSPS) is 15.3. The Labute approximate surface area is 307 Å². The maximum absolute atomic E-state index is 13.3. The summed E-state index contributed by atoms with van der Waals surface area (Å²) in [6, 6.07) is 3.75. The lowest BCUT2D eigenvalue weighted by molar-refractivity contribution is 0.0973. The summed E-state index contributed by atoms with van der Waals surface area (Å²) in [5, 5.41) is 0. The molecule has 0 unspecified atom stereocenters. The van der Waals surface area contributed by atoms with Crippen molar-refractivity contribution >= 4 is 11.6 Å². The highest BCUT2D eigenvalue weighted by Gasteiger charge is 2.29. The molecule has 50 heavy (non-hydrogen) atoms. The Kier molecular flexibility index (Phi) is 19.0. The fourth-order valence-electron chi connectivity index (χ4n) is 6.32. The van der Waals surface area contributed by atoms with Gasteiger partial charge in [0, 0.05) is 22.3 Å². The number of ketones is 2. The van der Waals surface area contributed by atoms with Gasteiger partial charge in [-0.1, -0.05) is 81.5 Å². The van der Waals surface area contributed by atoms with E-state index in [1.54, 1.807) is 6.92 Å². The van der Waals surface area contributed by atoms with Crippen LogP contribution < -0.4 is 0 Å². The monoisotopic (exact) mass is 677 g/mol. The molecular formula is C48H68O2. The van der Waals surface area contributed by atoms with E-state index >= 15 is 0 Å². The van der Waals surface area contributed by atoms with Crippen LogP contribution in [0.15, 0.2) is 105 Å². The van der Waals surface area contributed by atoms with Crippen molar-refractivity contribution < 1.29 is 9.59 Å². The zero-order valence-corrected chi connectivity index (χ0v) is 33.7. The molecular weight excluding hydrogens is 609 g/mol. The Balaban J connectivity index is 1.69. The summed E-state index contributed by atoms with van der Waals surface area (Å²) in [6.45, 7) is 23.6. The summed E-state index contributed by atoms with van der Waals surface area (Å²) < 4.78 is 0. The minimum atomic E-state index is -0.0112. The van der Waals surface area contributed by atoms with Crippen molar-refractivity contribution in [2.24, 2.45) is 0 Å². The first kappa shape index (κ1) is 42.6. The third-order valence-electron chi connectivity index (χ3n) is 10.1. The van der Waals surface area contributed by atoms with Crippen LogP contribution in [-0.2, 0) is 0 Å². The van der Waals surface area contributed by atoms with Crippen LogP contribution in [0.25, 0.3) is 0 Å². The van der Waals surface area contributed by atoms with Gasteiger partial charge in [-0.25, -0.2) is 0 Å². The number of rotatable bonds is 20. The largest absolute Gasteiger partial charge is 0.289 e. The predicted octanol–water partition coefficient (Wildman–Crippen LogP) is 14.7. The number of fused-ring (bicyclic) bond motifs is 1. The summed E-state index contributed by atoms with van der Waals surface area (Å²) in [5.41, 5.74) is 14.5. The molecule has 0 aromatic heterocycles. The number of allylic oxidation sites excluding steroid dienone is 16. The van der Waals surface area contributed by atoms with Gasteiger partial charge in [-0.15, -0.1) is 0 Å². The molecule has 0 aliphatic heterocycles. The summed E-state index contributed by atoms with van der Waals surface area (Å²) in [5.74, 6) is -0.00797. The zero-order valence-electron chi connectivity index (χ0n) is 33.7. The van der Waals surface area contributed by atoms with Gasteiger partial charge in [-0.3, -0.25) is 9.59 Å². The lowest BCUT2D eigenvalue weighted by Gasteiger charge is -2.20. The molecule has 0 radical (unpaired) electrons. The molecule has 2 rings (SSSR count). The van der Waals surface area contributed by atoms with E-state index in [2.05, 4.69) is 97.9 Å². The Morgan fingerprint density at radius 2 is 0.740 bits per heavy atom. The van der Waals surface area contributed by atoms with E-state index in [0.717, 1.165) is 75.3 Å². The Hall–Kier alpha value is -3.52. The molecule has 1 aliphatic carbocycles. The molecule has 272 valence electrons. The molecule has 0 saturated heterocycles. The second-order valence-corrected chi connectivity index (χ2v) is 15.3. The minimum Gasteiger partial charge on any atom is -0.289 e. The van der Waals surface area contributed by atoms with E-state index in [4.69, 9.17) is 0 Å². The molecule has 0 bridgehead atoms. The first-order valence-corrected chi connectivity index (χ1v) is 19.2. The van der Waals surface area contributed by atoms with Gasteiger partial charge < -0.3 is 0 Å². The Morgan fingerprint density at radius 1 is 0.440 bits per heavy atom. The molecule has 2 heteroatoms. The summed E-state index contributed by atoms with van der Waals surface area (Å²) in [7, 11) is 0. The van der Waals surface area contributed by atoms with Gasteiger partial charge in [0.1, 0.15) is 0 Å². The van der Waals surface area contributed by atoms with Crippen molar-refractivity contribution in [3.05, 3.63) is 127 Å². The summed E-state index contributed by atoms with van der Waals surface area (Å²) in [6.07, 6.45) is 30.4. The Morgan fingerprint density at radius 3 is 1.08 bits per heavy atom. The lowest BCUT2D eigenvalue weighted by atomic mass is 9.81. The van der Waals surface area contributed by atoms with Gasteiger partial charge in [0.2, 0.25) is 0 Å². The molecule has 1 aliphatic rings. The van der Waals surface area contributed by atoms with Gasteiger partial charge in [0.05, 0.1) is 0 Å². The van der Waals surface area contributed by atoms with Crippen LogP contribution in [0.3, 0.4) is 0 Å². The number of Topliss-reactive ketones (excluding diaryl/α,β-unsaturated/α-hetero) is 2. The second kappa shape index (κ2) is 22.3. The standard InChI is InChI=1S/C48H68O2/c1-34(2)18-12-19-35(3)20-13-21-36(4)22-14-23-37(5)24-15-25-38(6)26-16-27-39(7)28-17-29-40(8)30-31-44-43(11)47(49)45-32-41(9)42(10)33-46(45)48(44)50/h18,20,22,24,26,28,30,32-33H,12-17,19,21,23,25,27,29,31H2,1-11H3. The van der Waals surface area contributed by atoms with Crippen LogP contribution in [0.5, 0.6) is 0 Å². The third kappa shape index (κ3) is 15.6. The molecule has 0 heterocycles. The van der Waals surface area contributed by atoms with Crippen LogP contribution in [0.1, 0.15) is 178 Å². The van der Waals surface area contributed by atoms with Gasteiger partial charge >= 0.3 is 0 Å². The number of benzene rings is 1. The third-order valence-corrected chi connectivity index (χ3v) is 10.1. The van der Waals surface area contributed by atoms with Crippen molar-refractivity contribution in [3.8, 4) is 0 Å². The van der Waals surface area contributed by atoms with Crippen molar-refractivity contribution in [3.63, 3.8) is 0 Å². The lowest BCUT2D eigenvalue weighted by Crippen LogP contribution is -2.21. The molecule has 0 spiro atoms. The molecule has 2 nitrogen and oxygen atoms in total. The molecule has 0 saturated carbocycles. The Bertz CT molecular complexity index is 1580. The van der Waals surface area contributed by atoms with E-state index in [9.17, 15) is 9.59 Å². The average Bonchev–Trinajstić information content (AvgIpc) is 3.04. The maximum Gasteiger partial charge on any atom is 0.190 e. The van der Waals surface area contributed by atoms with Gasteiger partial charge in [0.15, 0.2) is 11.6 Å². The topological polar surface area (TPSA) is 34.1 Å². The van der Waals surface area contributed by atoms with E-state index in [-0.39, 0.29) is 11.6 Å². The van der Waals surface area contributed by atoms with Crippen molar-refractivity contribution in [1.29, 1.82) is 0 Å². The van der Waals surface area contributed by atoms with E-state index in [1.165, 1.54) is 51.9 Å². The van der Waals surface area contributed by atoms with Crippen LogP contribution in [0, 0.1) is 13.8 Å². The number of aryl methyl sites for hydroxylation is 2. The van der Waals surface area contributed by atoms with Crippen LogP contribution in [0.4, 0.5) is 0 Å². The number of hydrogen-bond donors (Lipinski definition) is 0. The van der Waals surface area contributed by atoms with Crippen LogP contribution >= 0.6 is 0 Å². The predicted molar refractivity (Wildman–Crippen MR) is 219 cm³/mol. The molecule has 0 N–H and O–H groups in total. The SMILES string of the molecule is CC(C)=CCCC(C)=CCCC(C)=CCCC(C)=CCCC(C)=CCCC(C)=CCCC(C)=CCC1=C(C)C(=O)c2cc(C)c(C)cc2C1=O. The summed E-state index contributed by atoms with van der Waals surface area (Å²) >= 11 is 0. The van der Waals surface area contributed by atoms with E-state index in [1.807, 2.05) is 26.0 Å². The highest BCUT2D eigenvalue weighted by Crippen LogP contribution is 2.30. The van der Waals surface area contributed by atoms with E-state index < -0.39 is 0 Å². The van der Waals surface area contributed by atoms with Gasteiger partial charge in [-0.2, -0.15) is 0 Å². The molecule has 1 aromatic carbocycles. The van der Waals surface area contributed by atoms with Gasteiger partial charge in [-0.05, 0) is 183 Å². The van der Waals surface area contributed by atoms with Crippen molar-refractivity contribution in [2.75, 3.05) is 0 Å². The fraction of sp³-hybridized carbons (Fsp3) is 0.500. The number of carbonyl (C=O) groups excluding carboxylic acids is 2. The first-order chi connectivity index (χ1) is 23.7. The van der Waals surface area contributed by atoms with Crippen LogP contribution in [-0.4, -0.2) is 11.6 Å². The molecule has 0 amide bonds. The number of hydrogen-bond acceptors (Lipinski definition) is 2. The van der Waals surface area contributed by atoms with Crippen molar-refractivity contribution in [2.45, 2.75) is 160 Å². The van der Waals surface area contributed by atoms with Crippen molar-refractivity contribution in [1.82, 2.24) is 0 Å². The maximum atomic E-state index is 13.3. The van der Waals surface area contributed by atoms with Gasteiger partial charge in [0.25, 0.3) is 0 Å². The van der Waals surface area contributed by atoms with E-state index in [0.29, 0.717) is 28.7 Å². The fourth-order valence-corrected chi connectivity index (χ4v) is 6.32. The average molecular weight is 677 g/mol. The quantitative estimate of drug-likeness (QED) is 0.129. The molecule has 0 fully saturated rings. The highest BCUT2D eigenvalue weighted by molar-refractivity contribution is 6.26. The number of carbonyl (C=O) groups is 2. The highest BCUT2D eigenvalue weighted by atomic mass is 16.1. The molecule has 1 aromatic rings. The summed E-state index contributed by atoms with van der Waals surface area (Å²) in [4.78, 5) is 26.3. The first-order valence-electron chi connectivity index (χ1n) is 19.2. The van der Waals surface area contributed by atoms with Crippen LogP contribution in [0.2, 0.25) is 0 Å². The zero-order chi connectivity index (χ0) is 37.2. The second-order valence-electron chi connectivity index (χ2n) is 15.3.